The standard InChI is InChI=1S/C17H13ClN2O2/c1-22-14-7-2-4-11(8-14)9-15-17(21)20-16(19-15)12-5-3-6-13(18)10-12/h2-10H,1H3,(H,19,20,21)/b15-9+. The van der Waals surface area contributed by atoms with E-state index in [1.807, 2.05) is 36.4 Å². The second-order valence-corrected chi connectivity index (χ2v) is 5.17. The summed E-state index contributed by atoms with van der Waals surface area (Å²) in [5.41, 5.74) is 1.97. The molecule has 0 fully saturated rings. The second kappa shape index (κ2) is 6.03. The predicted molar refractivity (Wildman–Crippen MR) is 87.1 cm³/mol. The van der Waals surface area contributed by atoms with Crippen LogP contribution in [-0.4, -0.2) is 18.9 Å². The van der Waals surface area contributed by atoms with Gasteiger partial charge in [-0.2, -0.15) is 0 Å². The molecule has 2 aromatic carbocycles. The van der Waals surface area contributed by atoms with Gasteiger partial charge < -0.3 is 10.1 Å². The van der Waals surface area contributed by atoms with Crippen LogP contribution in [0, 0.1) is 0 Å². The van der Waals surface area contributed by atoms with Crippen molar-refractivity contribution in [2.75, 3.05) is 7.11 Å². The van der Waals surface area contributed by atoms with Gasteiger partial charge in [0.05, 0.1) is 7.11 Å². The molecule has 4 nitrogen and oxygen atoms in total. The molecule has 0 atom stereocenters. The van der Waals surface area contributed by atoms with Gasteiger partial charge in [0.15, 0.2) is 0 Å². The second-order valence-electron chi connectivity index (χ2n) is 4.73. The fourth-order valence-corrected chi connectivity index (χ4v) is 2.32. The van der Waals surface area contributed by atoms with Crippen LogP contribution >= 0.6 is 11.6 Å². The average Bonchev–Trinajstić information content (AvgIpc) is 2.89. The maximum atomic E-state index is 12.0. The van der Waals surface area contributed by atoms with E-state index in [4.69, 9.17) is 16.3 Å². The van der Waals surface area contributed by atoms with Crippen LogP contribution in [-0.2, 0) is 4.79 Å². The van der Waals surface area contributed by atoms with Crippen molar-refractivity contribution in [3.05, 3.63) is 70.4 Å². The Morgan fingerprint density at radius 3 is 2.77 bits per heavy atom. The molecule has 0 radical (unpaired) electrons. The van der Waals surface area contributed by atoms with Crippen LogP contribution in [0.2, 0.25) is 5.02 Å². The summed E-state index contributed by atoms with van der Waals surface area (Å²) in [6, 6.07) is 14.6. The fraction of sp³-hybridized carbons (Fsp3) is 0.0588. The molecular formula is C17H13ClN2O2. The molecule has 110 valence electrons. The lowest BCUT2D eigenvalue weighted by Crippen LogP contribution is -2.24. The number of ether oxygens (including phenoxy) is 1. The zero-order chi connectivity index (χ0) is 15.5. The minimum atomic E-state index is -0.238. The van der Waals surface area contributed by atoms with Crippen LogP contribution in [0.1, 0.15) is 11.1 Å². The number of halogens is 1. The van der Waals surface area contributed by atoms with Crippen molar-refractivity contribution in [3.8, 4) is 5.75 Å². The Morgan fingerprint density at radius 1 is 1.18 bits per heavy atom. The summed E-state index contributed by atoms with van der Waals surface area (Å²) < 4.78 is 5.17. The highest BCUT2D eigenvalue weighted by molar-refractivity contribution is 6.31. The number of benzene rings is 2. The highest BCUT2D eigenvalue weighted by Gasteiger charge is 2.21. The highest BCUT2D eigenvalue weighted by Crippen LogP contribution is 2.19. The molecule has 0 saturated carbocycles. The number of rotatable bonds is 3. The van der Waals surface area contributed by atoms with Crippen LogP contribution in [0.4, 0.5) is 0 Å². The van der Waals surface area contributed by atoms with Crippen molar-refractivity contribution in [1.82, 2.24) is 5.32 Å². The zero-order valence-corrected chi connectivity index (χ0v) is 12.6. The molecule has 0 aliphatic carbocycles. The SMILES string of the molecule is COc1cccc(/C=C2/N=C(c3cccc(Cl)c3)NC2=O)c1. The van der Waals surface area contributed by atoms with E-state index in [1.165, 1.54) is 0 Å². The summed E-state index contributed by atoms with van der Waals surface area (Å²) in [6.45, 7) is 0. The quantitative estimate of drug-likeness (QED) is 0.884. The Morgan fingerprint density at radius 2 is 2.00 bits per heavy atom. The lowest BCUT2D eigenvalue weighted by Gasteiger charge is -2.00. The number of nitrogens with one attached hydrogen (secondary N) is 1. The molecule has 3 rings (SSSR count). The number of methoxy groups -OCH3 is 1. The normalized spacial score (nSPS) is 15.6. The maximum absolute atomic E-state index is 12.0. The Labute approximate surface area is 133 Å². The van der Waals surface area contributed by atoms with E-state index in [0.29, 0.717) is 16.6 Å². The molecule has 0 spiro atoms. The molecule has 22 heavy (non-hydrogen) atoms. The number of hydrogen-bond donors (Lipinski definition) is 1. The Bertz CT molecular complexity index is 797. The fourth-order valence-electron chi connectivity index (χ4n) is 2.13. The van der Waals surface area contributed by atoms with Crippen molar-refractivity contribution < 1.29 is 9.53 Å². The van der Waals surface area contributed by atoms with Gasteiger partial charge in [0, 0.05) is 10.6 Å². The Kier molecular flexibility index (Phi) is 3.94. The number of amidine groups is 1. The number of hydrogen-bond acceptors (Lipinski definition) is 3. The van der Waals surface area contributed by atoms with Gasteiger partial charge in [0.25, 0.3) is 5.91 Å². The van der Waals surface area contributed by atoms with E-state index in [1.54, 1.807) is 25.3 Å². The minimum absolute atomic E-state index is 0.238. The third-order valence-corrected chi connectivity index (χ3v) is 3.43. The summed E-state index contributed by atoms with van der Waals surface area (Å²) in [5.74, 6) is 0.992. The van der Waals surface area contributed by atoms with Crippen LogP contribution in [0.15, 0.2) is 59.2 Å². The molecule has 1 heterocycles. The molecule has 0 saturated heterocycles. The Hall–Kier alpha value is -2.59. The average molecular weight is 313 g/mol. The third kappa shape index (κ3) is 3.02. The van der Waals surface area contributed by atoms with E-state index < -0.39 is 0 Å². The van der Waals surface area contributed by atoms with E-state index >= 15 is 0 Å². The molecule has 2 aromatic rings. The lowest BCUT2D eigenvalue weighted by atomic mass is 10.2. The van der Waals surface area contributed by atoms with Crippen LogP contribution in [0.25, 0.3) is 6.08 Å². The molecule has 1 aliphatic heterocycles. The highest BCUT2D eigenvalue weighted by atomic mass is 35.5. The zero-order valence-electron chi connectivity index (χ0n) is 11.8. The summed E-state index contributed by atoms with van der Waals surface area (Å²) in [5, 5.41) is 3.35. The first-order valence-corrected chi connectivity index (χ1v) is 7.05. The maximum Gasteiger partial charge on any atom is 0.275 e. The first kappa shape index (κ1) is 14.4. The molecule has 5 heteroatoms. The first-order valence-electron chi connectivity index (χ1n) is 6.67. The van der Waals surface area contributed by atoms with Gasteiger partial charge in [-0.1, -0.05) is 35.9 Å². The topological polar surface area (TPSA) is 50.7 Å². The van der Waals surface area contributed by atoms with Gasteiger partial charge in [-0.3, -0.25) is 4.79 Å². The minimum Gasteiger partial charge on any atom is -0.497 e. The molecule has 0 bridgehead atoms. The van der Waals surface area contributed by atoms with Crippen LogP contribution in [0.3, 0.4) is 0 Å². The van der Waals surface area contributed by atoms with Gasteiger partial charge >= 0.3 is 0 Å². The third-order valence-electron chi connectivity index (χ3n) is 3.19. The number of nitrogens with zero attached hydrogens (tertiary/aromatic N) is 1. The first-order chi connectivity index (χ1) is 10.7. The molecule has 1 aliphatic rings. The van der Waals surface area contributed by atoms with E-state index in [0.717, 1.165) is 16.9 Å². The van der Waals surface area contributed by atoms with Crippen LogP contribution in [0.5, 0.6) is 5.75 Å². The molecule has 1 amide bonds. The molecule has 0 aromatic heterocycles. The Balaban J connectivity index is 1.94. The van der Waals surface area contributed by atoms with Gasteiger partial charge in [0.2, 0.25) is 0 Å². The van der Waals surface area contributed by atoms with Crippen LogP contribution < -0.4 is 10.1 Å². The predicted octanol–water partition coefficient (Wildman–Crippen LogP) is 3.27. The van der Waals surface area contributed by atoms with E-state index in [2.05, 4.69) is 10.3 Å². The summed E-state index contributed by atoms with van der Waals surface area (Å²) in [4.78, 5) is 16.4. The van der Waals surface area contributed by atoms with Crippen molar-refractivity contribution in [2.45, 2.75) is 0 Å². The molecule has 0 unspecified atom stereocenters. The van der Waals surface area contributed by atoms with Gasteiger partial charge in [-0.25, -0.2) is 4.99 Å². The van der Waals surface area contributed by atoms with Crippen molar-refractivity contribution >= 4 is 29.4 Å². The largest absolute Gasteiger partial charge is 0.497 e. The van der Waals surface area contributed by atoms with Gasteiger partial charge in [-0.15, -0.1) is 0 Å². The lowest BCUT2D eigenvalue weighted by molar-refractivity contribution is -0.115. The monoisotopic (exact) mass is 312 g/mol. The van der Waals surface area contributed by atoms with Gasteiger partial charge in [-0.05, 0) is 35.9 Å². The number of aliphatic imine (C=N–C) groups is 1. The molecule has 1 N–H and O–H groups in total. The summed E-state index contributed by atoms with van der Waals surface area (Å²) >= 11 is 5.96. The van der Waals surface area contributed by atoms with E-state index in [9.17, 15) is 4.79 Å². The van der Waals surface area contributed by atoms with Crippen molar-refractivity contribution in [3.63, 3.8) is 0 Å². The molecular weight excluding hydrogens is 300 g/mol. The number of carbonyl (C=O) groups is 1. The van der Waals surface area contributed by atoms with E-state index in [-0.39, 0.29) is 5.91 Å². The van der Waals surface area contributed by atoms with Crippen molar-refractivity contribution in [2.24, 2.45) is 4.99 Å². The summed E-state index contributed by atoms with van der Waals surface area (Å²) in [6.07, 6.45) is 1.72. The van der Waals surface area contributed by atoms with Crippen molar-refractivity contribution in [1.29, 1.82) is 0 Å². The van der Waals surface area contributed by atoms with Gasteiger partial charge in [0.1, 0.15) is 17.3 Å². The smallest absolute Gasteiger partial charge is 0.275 e. The summed E-state index contributed by atoms with van der Waals surface area (Å²) in [7, 11) is 1.60. The number of carbonyl (C=O) groups excluding carboxylic acids is 1. The number of amides is 1.